The van der Waals surface area contributed by atoms with Crippen molar-refractivity contribution in [2.45, 2.75) is 19.9 Å². The molecule has 0 unspecified atom stereocenters. The van der Waals surface area contributed by atoms with Crippen LogP contribution in [0.25, 0.3) is 11.0 Å². The van der Waals surface area contributed by atoms with Gasteiger partial charge in [0, 0.05) is 6.42 Å². The molecule has 4 nitrogen and oxygen atoms in total. The third-order valence-corrected chi connectivity index (χ3v) is 4.92. The summed E-state index contributed by atoms with van der Waals surface area (Å²) >= 11 is 0. The highest BCUT2D eigenvalue weighted by atomic mass is 16.5. The van der Waals surface area contributed by atoms with Crippen molar-refractivity contribution in [2.75, 3.05) is 13.7 Å². The van der Waals surface area contributed by atoms with Crippen LogP contribution in [-0.4, -0.2) is 23.3 Å². The van der Waals surface area contributed by atoms with E-state index in [0.717, 1.165) is 46.9 Å². The molecule has 0 saturated carbocycles. The summed E-state index contributed by atoms with van der Waals surface area (Å²) in [7, 11) is 1.68. The van der Waals surface area contributed by atoms with Crippen LogP contribution < -0.4 is 9.47 Å². The van der Waals surface area contributed by atoms with Gasteiger partial charge in [0.2, 0.25) is 0 Å². The molecule has 0 N–H and O–H groups in total. The minimum Gasteiger partial charge on any atom is -0.497 e. The minimum absolute atomic E-state index is 0.598. The van der Waals surface area contributed by atoms with Crippen LogP contribution in [-0.2, 0) is 13.0 Å². The number of aryl methyl sites for hydroxylation is 1. The highest BCUT2D eigenvalue weighted by Gasteiger charge is 2.11. The maximum Gasteiger partial charge on any atom is 0.122 e. The number of benzene rings is 3. The van der Waals surface area contributed by atoms with Crippen molar-refractivity contribution < 1.29 is 9.47 Å². The zero-order valence-corrected chi connectivity index (χ0v) is 16.3. The zero-order chi connectivity index (χ0) is 19.3. The number of hydrogen-bond acceptors (Lipinski definition) is 3. The molecule has 4 heteroatoms. The fourth-order valence-corrected chi connectivity index (χ4v) is 3.40. The lowest BCUT2D eigenvalue weighted by Crippen LogP contribution is -2.12. The van der Waals surface area contributed by atoms with E-state index in [2.05, 4.69) is 47.9 Å². The van der Waals surface area contributed by atoms with Gasteiger partial charge in [-0.2, -0.15) is 0 Å². The summed E-state index contributed by atoms with van der Waals surface area (Å²) in [6.07, 6.45) is 0.767. The maximum atomic E-state index is 6.03. The Morgan fingerprint density at radius 3 is 2.43 bits per heavy atom. The van der Waals surface area contributed by atoms with Crippen LogP contribution in [0.3, 0.4) is 0 Å². The molecule has 0 aliphatic rings. The first-order valence-corrected chi connectivity index (χ1v) is 9.50. The Morgan fingerprint density at radius 1 is 0.893 bits per heavy atom. The van der Waals surface area contributed by atoms with Gasteiger partial charge in [0.25, 0.3) is 0 Å². The number of imidazole rings is 1. The zero-order valence-electron chi connectivity index (χ0n) is 16.3. The predicted molar refractivity (Wildman–Crippen MR) is 112 cm³/mol. The molecule has 0 radical (unpaired) electrons. The van der Waals surface area contributed by atoms with Crippen LogP contribution in [0.1, 0.15) is 17.0 Å². The fraction of sp³-hybridized carbons (Fsp3) is 0.208. The molecule has 0 aliphatic heterocycles. The Bertz CT molecular complexity index is 1070. The number of rotatable bonds is 7. The van der Waals surface area contributed by atoms with Gasteiger partial charge in [0.05, 0.1) is 24.7 Å². The van der Waals surface area contributed by atoms with Crippen molar-refractivity contribution in [2.24, 2.45) is 0 Å². The van der Waals surface area contributed by atoms with Crippen LogP contribution in [0, 0.1) is 6.92 Å². The van der Waals surface area contributed by atoms with Gasteiger partial charge in [-0.15, -0.1) is 0 Å². The molecule has 0 fully saturated rings. The van der Waals surface area contributed by atoms with E-state index < -0.39 is 0 Å². The summed E-state index contributed by atoms with van der Waals surface area (Å²) in [5.41, 5.74) is 4.51. The first kappa shape index (κ1) is 18.1. The third kappa shape index (κ3) is 3.86. The lowest BCUT2D eigenvalue weighted by Gasteiger charge is -2.12. The summed E-state index contributed by atoms with van der Waals surface area (Å²) in [6.45, 7) is 3.41. The van der Waals surface area contributed by atoms with E-state index >= 15 is 0 Å². The quantitative estimate of drug-likeness (QED) is 0.457. The van der Waals surface area contributed by atoms with E-state index in [4.69, 9.17) is 14.5 Å². The van der Waals surface area contributed by atoms with Crippen molar-refractivity contribution in [3.63, 3.8) is 0 Å². The van der Waals surface area contributed by atoms with Gasteiger partial charge in [-0.1, -0.05) is 42.5 Å². The topological polar surface area (TPSA) is 36.3 Å². The molecule has 1 aromatic heterocycles. The molecule has 4 rings (SSSR count). The normalized spacial score (nSPS) is 10.9. The van der Waals surface area contributed by atoms with Crippen molar-refractivity contribution in [3.05, 3.63) is 89.7 Å². The summed E-state index contributed by atoms with van der Waals surface area (Å²) in [5.74, 6) is 2.84. The van der Waals surface area contributed by atoms with Gasteiger partial charge in [-0.3, -0.25) is 0 Å². The van der Waals surface area contributed by atoms with E-state index in [1.165, 1.54) is 5.56 Å². The fourth-order valence-electron chi connectivity index (χ4n) is 3.40. The van der Waals surface area contributed by atoms with Crippen molar-refractivity contribution >= 4 is 11.0 Å². The van der Waals surface area contributed by atoms with Gasteiger partial charge in [0.1, 0.15) is 23.9 Å². The molecule has 0 aliphatic carbocycles. The first-order chi connectivity index (χ1) is 13.7. The summed E-state index contributed by atoms with van der Waals surface area (Å²) < 4.78 is 13.5. The van der Waals surface area contributed by atoms with Crippen molar-refractivity contribution in [1.82, 2.24) is 9.55 Å². The molecule has 142 valence electrons. The number of nitrogens with zero attached hydrogens (tertiary/aromatic N) is 2. The van der Waals surface area contributed by atoms with E-state index in [9.17, 15) is 0 Å². The second-order valence-corrected chi connectivity index (χ2v) is 6.81. The van der Waals surface area contributed by atoms with Crippen molar-refractivity contribution in [1.29, 1.82) is 0 Å². The number of methoxy groups -OCH3 is 1. The first-order valence-electron chi connectivity index (χ1n) is 9.50. The monoisotopic (exact) mass is 372 g/mol. The molecule has 1 heterocycles. The van der Waals surface area contributed by atoms with Gasteiger partial charge >= 0.3 is 0 Å². The largest absolute Gasteiger partial charge is 0.497 e. The molecule has 0 bridgehead atoms. The van der Waals surface area contributed by atoms with Gasteiger partial charge in [0.15, 0.2) is 0 Å². The van der Waals surface area contributed by atoms with Gasteiger partial charge in [-0.25, -0.2) is 4.98 Å². The highest BCUT2D eigenvalue weighted by Crippen LogP contribution is 2.21. The Kier molecular flexibility index (Phi) is 5.29. The Hall–Kier alpha value is -3.27. The Labute approximate surface area is 165 Å². The SMILES string of the molecule is COc1ccc(Cc2nc3ccccc3n2CCOc2ccccc2C)cc1. The standard InChI is InChI=1S/C24H24N2O2/c1-18-7-3-6-10-23(18)28-16-15-26-22-9-5-4-8-21(22)25-24(26)17-19-11-13-20(27-2)14-12-19/h3-14H,15-17H2,1-2H3. The molecular weight excluding hydrogens is 348 g/mol. The summed E-state index contributed by atoms with van der Waals surface area (Å²) in [5, 5.41) is 0. The molecule has 4 aromatic rings. The molecular formula is C24H24N2O2. The van der Waals surface area contributed by atoms with Crippen LogP contribution in [0.15, 0.2) is 72.8 Å². The average Bonchev–Trinajstić information content (AvgIpc) is 3.07. The van der Waals surface area contributed by atoms with E-state index in [1.807, 2.05) is 36.4 Å². The Morgan fingerprint density at radius 2 is 1.64 bits per heavy atom. The lowest BCUT2D eigenvalue weighted by atomic mass is 10.1. The van der Waals surface area contributed by atoms with Crippen LogP contribution in [0.5, 0.6) is 11.5 Å². The van der Waals surface area contributed by atoms with Crippen LogP contribution >= 0.6 is 0 Å². The number of hydrogen-bond donors (Lipinski definition) is 0. The van der Waals surface area contributed by atoms with Crippen LogP contribution in [0.4, 0.5) is 0 Å². The molecule has 28 heavy (non-hydrogen) atoms. The van der Waals surface area contributed by atoms with Crippen molar-refractivity contribution in [3.8, 4) is 11.5 Å². The molecule has 0 atom stereocenters. The predicted octanol–water partition coefficient (Wildman–Crippen LogP) is 5.02. The number of aromatic nitrogens is 2. The maximum absolute atomic E-state index is 6.03. The second-order valence-electron chi connectivity index (χ2n) is 6.81. The summed E-state index contributed by atoms with van der Waals surface area (Å²) in [6, 6.07) is 24.5. The van der Waals surface area contributed by atoms with E-state index in [-0.39, 0.29) is 0 Å². The third-order valence-electron chi connectivity index (χ3n) is 4.92. The minimum atomic E-state index is 0.598. The van der Waals surface area contributed by atoms with E-state index in [1.54, 1.807) is 7.11 Å². The number of para-hydroxylation sites is 3. The second kappa shape index (κ2) is 8.17. The van der Waals surface area contributed by atoms with Gasteiger partial charge in [-0.05, 0) is 48.4 Å². The number of ether oxygens (including phenoxy) is 2. The summed E-state index contributed by atoms with van der Waals surface area (Å²) in [4.78, 5) is 4.87. The Balaban J connectivity index is 1.57. The number of fused-ring (bicyclic) bond motifs is 1. The molecule has 3 aromatic carbocycles. The molecule has 0 amide bonds. The smallest absolute Gasteiger partial charge is 0.122 e. The molecule has 0 saturated heterocycles. The van der Waals surface area contributed by atoms with Crippen LogP contribution in [0.2, 0.25) is 0 Å². The molecule has 0 spiro atoms. The average molecular weight is 372 g/mol. The highest BCUT2D eigenvalue weighted by molar-refractivity contribution is 5.76. The lowest BCUT2D eigenvalue weighted by molar-refractivity contribution is 0.296. The van der Waals surface area contributed by atoms with Gasteiger partial charge < -0.3 is 14.0 Å². The van der Waals surface area contributed by atoms with E-state index in [0.29, 0.717) is 6.61 Å².